The van der Waals surface area contributed by atoms with Crippen LogP contribution in [0.1, 0.15) is 33.6 Å². The van der Waals surface area contributed by atoms with Gasteiger partial charge in [0.2, 0.25) is 0 Å². The maximum absolute atomic E-state index is 11.8. The highest BCUT2D eigenvalue weighted by atomic mass is 32.1. The fourth-order valence-electron chi connectivity index (χ4n) is 2.10. The van der Waals surface area contributed by atoms with E-state index in [0.717, 1.165) is 5.71 Å². The molecule has 1 saturated heterocycles. The van der Waals surface area contributed by atoms with Crippen LogP contribution in [-0.4, -0.2) is 48.8 Å². The largest absolute Gasteiger partial charge is 0.460 e. The van der Waals surface area contributed by atoms with Crippen molar-refractivity contribution in [2.75, 3.05) is 19.8 Å². The summed E-state index contributed by atoms with van der Waals surface area (Å²) in [6.07, 6.45) is 1.13. The number of thiocarbonyl (C=S) groups is 1. The van der Waals surface area contributed by atoms with Gasteiger partial charge in [0.25, 0.3) is 0 Å². The number of esters is 1. The molecule has 1 aliphatic heterocycles. The Morgan fingerprint density at radius 3 is 2.91 bits per heavy atom. The van der Waals surface area contributed by atoms with Crippen LogP contribution in [0.4, 0.5) is 0 Å². The smallest absolute Gasteiger partial charge is 0.309 e. The lowest BCUT2D eigenvalue weighted by Gasteiger charge is -2.11. The molecule has 3 N–H and O–H groups in total. The maximum Gasteiger partial charge on any atom is 0.309 e. The van der Waals surface area contributed by atoms with Crippen molar-refractivity contribution in [3.05, 3.63) is 0 Å². The Kier molecular flexibility index (Phi) is 8.29. The molecule has 0 bridgehead atoms. The third kappa shape index (κ3) is 7.67. The van der Waals surface area contributed by atoms with Crippen molar-refractivity contribution in [3.63, 3.8) is 0 Å². The highest BCUT2D eigenvalue weighted by molar-refractivity contribution is 7.80. The number of nitrogens with zero attached hydrogens (tertiary/aromatic N) is 1. The zero-order valence-electron chi connectivity index (χ0n) is 13.3. The summed E-state index contributed by atoms with van der Waals surface area (Å²) in [6, 6.07) is 0. The average Bonchev–Trinajstić information content (AvgIpc) is 2.76. The van der Waals surface area contributed by atoms with Crippen LogP contribution in [0.25, 0.3) is 0 Å². The lowest BCUT2D eigenvalue weighted by Crippen LogP contribution is -2.25. The van der Waals surface area contributed by atoms with Gasteiger partial charge in [0.15, 0.2) is 5.11 Å². The van der Waals surface area contributed by atoms with Crippen molar-refractivity contribution in [2.45, 2.75) is 45.8 Å². The van der Waals surface area contributed by atoms with E-state index < -0.39 is 0 Å². The first-order valence-electron chi connectivity index (χ1n) is 7.37. The third-order valence-corrected chi connectivity index (χ3v) is 3.14. The van der Waals surface area contributed by atoms with Crippen LogP contribution in [0.15, 0.2) is 5.10 Å². The molecule has 0 aromatic heterocycles. The van der Waals surface area contributed by atoms with Crippen molar-refractivity contribution in [1.82, 2.24) is 5.43 Å². The summed E-state index contributed by atoms with van der Waals surface area (Å²) >= 11 is 4.66. The van der Waals surface area contributed by atoms with Crippen molar-refractivity contribution in [3.8, 4) is 0 Å². The minimum Gasteiger partial charge on any atom is -0.460 e. The summed E-state index contributed by atoms with van der Waals surface area (Å²) in [7, 11) is 0. The Morgan fingerprint density at radius 1 is 1.55 bits per heavy atom. The van der Waals surface area contributed by atoms with E-state index in [4.69, 9.17) is 19.9 Å². The van der Waals surface area contributed by atoms with Gasteiger partial charge in [0.1, 0.15) is 6.10 Å². The van der Waals surface area contributed by atoms with Crippen LogP contribution < -0.4 is 11.2 Å². The molecule has 22 heavy (non-hydrogen) atoms. The molecule has 2 unspecified atom stereocenters. The van der Waals surface area contributed by atoms with E-state index in [1.165, 1.54) is 0 Å². The molecule has 1 rings (SSSR count). The van der Waals surface area contributed by atoms with Gasteiger partial charge in [-0.25, -0.2) is 0 Å². The summed E-state index contributed by atoms with van der Waals surface area (Å²) in [5.41, 5.74) is 8.55. The second kappa shape index (κ2) is 9.70. The quantitative estimate of drug-likeness (QED) is 0.214. The molecule has 1 aliphatic rings. The monoisotopic (exact) mass is 331 g/mol. The van der Waals surface area contributed by atoms with Crippen LogP contribution >= 0.6 is 12.2 Å². The highest BCUT2D eigenvalue weighted by Gasteiger charge is 2.34. The van der Waals surface area contributed by atoms with Gasteiger partial charge >= 0.3 is 5.97 Å². The first-order chi connectivity index (χ1) is 10.4. The van der Waals surface area contributed by atoms with E-state index >= 15 is 0 Å². The van der Waals surface area contributed by atoms with Gasteiger partial charge in [-0.3, -0.25) is 10.2 Å². The number of hydrogen-bond donors (Lipinski definition) is 2. The lowest BCUT2D eigenvalue weighted by molar-refractivity contribution is -0.146. The first-order valence-corrected chi connectivity index (χ1v) is 7.77. The molecule has 126 valence electrons. The molecule has 0 aromatic rings. The predicted octanol–water partition coefficient (Wildman–Crippen LogP) is 0.959. The number of rotatable bonds is 9. The Bertz CT molecular complexity index is 415. The number of carbonyl (C=O) groups is 1. The first kappa shape index (κ1) is 18.8. The fraction of sp³-hybridized carbons (Fsp3) is 0.786. The van der Waals surface area contributed by atoms with Gasteiger partial charge < -0.3 is 19.9 Å². The standard InChI is InChI=1S/C14H25N3O4S/c1-9(2)20-5-4-19-8-12-7-11(13(18)21-12)6-10(3)16-17-14(15)22/h9,11-12H,4-8H2,1-3H3,(H3,15,17,22)/b16-10+. The molecular formula is C14H25N3O4S. The number of nitrogens with two attached hydrogens (primary N) is 1. The molecule has 0 saturated carbocycles. The number of cyclic esters (lactones) is 1. The van der Waals surface area contributed by atoms with E-state index in [9.17, 15) is 4.79 Å². The summed E-state index contributed by atoms with van der Waals surface area (Å²) in [5, 5.41) is 4.09. The average molecular weight is 331 g/mol. The van der Waals surface area contributed by atoms with Crippen molar-refractivity contribution >= 4 is 29.0 Å². The Hall–Kier alpha value is -1.25. The van der Waals surface area contributed by atoms with Crippen LogP contribution in [0.2, 0.25) is 0 Å². The van der Waals surface area contributed by atoms with E-state index in [-0.39, 0.29) is 29.2 Å². The SMILES string of the molecule is C/C(CC1CC(COCCOC(C)C)OC1=O)=N\NC(N)=S. The van der Waals surface area contributed by atoms with Gasteiger partial charge in [-0.15, -0.1) is 0 Å². The van der Waals surface area contributed by atoms with Crippen molar-refractivity contribution in [1.29, 1.82) is 0 Å². The molecule has 0 amide bonds. The molecule has 1 fully saturated rings. The molecule has 2 atom stereocenters. The minimum absolute atomic E-state index is 0.100. The Balaban J connectivity index is 2.25. The Labute approximate surface area is 136 Å². The van der Waals surface area contributed by atoms with Gasteiger partial charge in [-0.05, 0) is 33.0 Å². The summed E-state index contributed by atoms with van der Waals surface area (Å²) in [6.45, 7) is 7.18. The maximum atomic E-state index is 11.8. The van der Waals surface area contributed by atoms with Gasteiger partial charge in [-0.2, -0.15) is 5.10 Å². The second-order valence-electron chi connectivity index (χ2n) is 5.51. The number of hydrazone groups is 1. The molecule has 8 heteroatoms. The van der Waals surface area contributed by atoms with Crippen LogP contribution in [0.5, 0.6) is 0 Å². The lowest BCUT2D eigenvalue weighted by atomic mass is 9.99. The third-order valence-electron chi connectivity index (χ3n) is 3.04. The van der Waals surface area contributed by atoms with Crippen LogP contribution in [0, 0.1) is 5.92 Å². The number of ether oxygens (including phenoxy) is 3. The number of carbonyl (C=O) groups excluding carboxylic acids is 1. The number of nitrogens with one attached hydrogen (secondary N) is 1. The minimum atomic E-state index is -0.211. The molecule has 0 aliphatic carbocycles. The second-order valence-corrected chi connectivity index (χ2v) is 5.95. The van der Waals surface area contributed by atoms with Crippen molar-refractivity contribution < 1.29 is 19.0 Å². The van der Waals surface area contributed by atoms with E-state index in [0.29, 0.717) is 32.7 Å². The van der Waals surface area contributed by atoms with E-state index in [1.807, 2.05) is 20.8 Å². The van der Waals surface area contributed by atoms with Gasteiger partial charge in [0, 0.05) is 18.6 Å². The zero-order valence-corrected chi connectivity index (χ0v) is 14.1. The normalized spacial score (nSPS) is 22.0. The van der Waals surface area contributed by atoms with Crippen molar-refractivity contribution in [2.24, 2.45) is 16.8 Å². The molecule has 7 nitrogen and oxygen atoms in total. The topological polar surface area (TPSA) is 95.2 Å². The zero-order chi connectivity index (χ0) is 16.5. The van der Waals surface area contributed by atoms with E-state index in [2.05, 4.69) is 22.7 Å². The van der Waals surface area contributed by atoms with Crippen LogP contribution in [-0.2, 0) is 19.0 Å². The molecule has 0 aromatic carbocycles. The predicted molar refractivity (Wildman–Crippen MR) is 87.5 cm³/mol. The molecule has 0 radical (unpaired) electrons. The fourth-order valence-corrected chi connectivity index (χ4v) is 2.15. The van der Waals surface area contributed by atoms with Gasteiger partial charge in [-0.1, -0.05) is 0 Å². The molecule has 0 spiro atoms. The van der Waals surface area contributed by atoms with E-state index in [1.54, 1.807) is 0 Å². The molecule has 1 heterocycles. The van der Waals surface area contributed by atoms with Crippen LogP contribution in [0.3, 0.4) is 0 Å². The molecular weight excluding hydrogens is 306 g/mol. The Morgan fingerprint density at radius 2 is 2.27 bits per heavy atom. The highest BCUT2D eigenvalue weighted by Crippen LogP contribution is 2.24. The van der Waals surface area contributed by atoms with Gasteiger partial charge in [0.05, 0.1) is 31.8 Å². The summed E-state index contributed by atoms with van der Waals surface area (Å²) in [5.74, 6) is -0.408. The number of hydrogen-bond acceptors (Lipinski definition) is 6. The summed E-state index contributed by atoms with van der Waals surface area (Å²) in [4.78, 5) is 11.8. The summed E-state index contributed by atoms with van der Waals surface area (Å²) < 4.78 is 16.1.